The Hall–Kier alpha value is -1.88. The molecule has 0 saturated carbocycles. The Morgan fingerprint density at radius 2 is 2.05 bits per heavy atom. The Kier molecular flexibility index (Phi) is 7.05. The predicted octanol–water partition coefficient (Wildman–Crippen LogP) is 3.92. The second-order valence-corrected chi connectivity index (χ2v) is 5.64. The molecule has 2 aromatic rings. The van der Waals surface area contributed by atoms with Gasteiger partial charge in [0.15, 0.2) is 5.96 Å². The molecule has 22 heavy (non-hydrogen) atoms. The van der Waals surface area contributed by atoms with Crippen molar-refractivity contribution in [1.29, 1.82) is 0 Å². The van der Waals surface area contributed by atoms with Crippen molar-refractivity contribution in [2.45, 2.75) is 40.7 Å². The zero-order valence-corrected chi connectivity index (χ0v) is 14.8. The third-order valence-electron chi connectivity index (χ3n) is 3.28. The molecule has 0 radical (unpaired) electrons. The number of hydrogen-bond donors (Lipinski definition) is 1. The lowest BCUT2D eigenvalue weighted by Gasteiger charge is -2.14. The Morgan fingerprint density at radius 1 is 1.36 bits per heavy atom. The smallest absolute Gasteiger partial charge is 0.228 e. The van der Waals surface area contributed by atoms with E-state index in [9.17, 15) is 4.79 Å². The number of aliphatic imine (C=N–C) groups is 1. The number of amides is 1. The maximum Gasteiger partial charge on any atom is 0.228 e. The molecule has 0 saturated heterocycles. The lowest BCUT2D eigenvalue weighted by molar-refractivity contribution is -0.126. The van der Waals surface area contributed by atoms with E-state index >= 15 is 0 Å². The van der Waals surface area contributed by atoms with Crippen molar-refractivity contribution >= 4 is 33.3 Å². The minimum Gasteiger partial charge on any atom is -0.369 e. The highest BCUT2D eigenvalue weighted by Crippen LogP contribution is 2.26. The van der Waals surface area contributed by atoms with E-state index in [4.69, 9.17) is 5.73 Å². The number of thiophene rings is 1. The van der Waals surface area contributed by atoms with E-state index < -0.39 is 0 Å². The highest BCUT2D eigenvalue weighted by molar-refractivity contribution is 7.17. The first-order chi connectivity index (χ1) is 10.5. The van der Waals surface area contributed by atoms with Gasteiger partial charge in [-0.15, -0.1) is 11.3 Å². The monoisotopic (exact) mass is 319 g/mol. The van der Waals surface area contributed by atoms with Gasteiger partial charge >= 0.3 is 0 Å². The summed E-state index contributed by atoms with van der Waals surface area (Å²) in [5.41, 5.74) is 8.20. The summed E-state index contributed by atoms with van der Waals surface area (Å²) in [6.45, 7) is 8.39. The minimum absolute atomic E-state index is 0.0321. The van der Waals surface area contributed by atoms with Crippen molar-refractivity contribution in [3.05, 3.63) is 34.7 Å². The van der Waals surface area contributed by atoms with E-state index in [1.165, 1.54) is 20.5 Å². The number of guanidine groups is 1. The third kappa shape index (κ3) is 4.31. The Balaban J connectivity index is 0.00000116. The summed E-state index contributed by atoms with van der Waals surface area (Å²) < 4.78 is 1.28. The van der Waals surface area contributed by atoms with Crippen LogP contribution >= 0.6 is 11.3 Å². The first kappa shape index (κ1) is 18.2. The molecule has 0 unspecified atom stereocenters. The molecule has 4 nitrogen and oxygen atoms in total. The van der Waals surface area contributed by atoms with Crippen LogP contribution in [0.15, 0.2) is 28.6 Å². The van der Waals surface area contributed by atoms with Gasteiger partial charge in [0.1, 0.15) is 0 Å². The number of rotatable bonds is 3. The molecule has 0 atom stereocenters. The van der Waals surface area contributed by atoms with Gasteiger partial charge < -0.3 is 5.73 Å². The molecule has 1 aromatic carbocycles. The molecule has 0 spiro atoms. The van der Waals surface area contributed by atoms with Crippen molar-refractivity contribution in [3.8, 4) is 0 Å². The second kappa shape index (κ2) is 8.54. The molecule has 0 bridgehead atoms. The van der Waals surface area contributed by atoms with Gasteiger partial charge in [0.05, 0.1) is 6.54 Å². The normalized spacial score (nSPS) is 11.0. The quantitative estimate of drug-likeness (QED) is 0.688. The van der Waals surface area contributed by atoms with Crippen molar-refractivity contribution in [3.63, 3.8) is 0 Å². The van der Waals surface area contributed by atoms with Crippen LogP contribution in [0.3, 0.4) is 0 Å². The molecule has 0 aliphatic rings. The average molecular weight is 319 g/mol. The summed E-state index contributed by atoms with van der Waals surface area (Å²) in [7, 11) is 1.65. The van der Waals surface area contributed by atoms with Crippen molar-refractivity contribution < 1.29 is 4.79 Å². The average Bonchev–Trinajstić information content (AvgIpc) is 2.93. The molecule has 2 N–H and O–H groups in total. The first-order valence-electron chi connectivity index (χ1n) is 7.56. The highest BCUT2D eigenvalue weighted by Gasteiger charge is 2.09. The van der Waals surface area contributed by atoms with Crippen LogP contribution in [0.2, 0.25) is 0 Å². The lowest BCUT2D eigenvalue weighted by atomic mass is 10.1. The lowest BCUT2D eigenvalue weighted by Crippen LogP contribution is -2.38. The molecule has 0 aliphatic heterocycles. The van der Waals surface area contributed by atoms with Crippen LogP contribution in [0.25, 0.3) is 10.1 Å². The molecule has 1 aromatic heterocycles. The molecule has 0 aliphatic carbocycles. The van der Waals surface area contributed by atoms with Crippen LogP contribution in [0, 0.1) is 6.92 Å². The fraction of sp³-hybridized carbons (Fsp3) is 0.412. The van der Waals surface area contributed by atoms with Gasteiger partial charge in [-0.25, -0.2) is 4.99 Å². The Labute approximate surface area is 136 Å². The van der Waals surface area contributed by atoms with Gasteiger partial charge in [-0.3, -0.25) is 9.69 Å². The second-order valence-electron chi connectivity index (χ2n) is 4.73. The standard InChI is InChI=1S/C15H19N3OS.C2H6/c1-4-14(19)18(3)15(16)17-8-11-5-6-13-12(7-11)10(2)9-20-13;1-2/h5-7,9H,4,8H2,1-3H3,(H2,16,17);1-2H3. The zero-order chi connectivity index (χ0) is 16.7. The number of fused-ring (bicyclic) bond motifs is 1. The molecule has 120 valence electrons. The highest BCUT2D eigenvalue weighted by atomic mass is 32.1. The molecule has 0 fully saturated rings. The molecule has 2 rings (SSSR count). The fourth-order valence-corrected chi connectivity index (χ4v) is 2.87. The van der Waals surface area contributed by atoms with E-state index in [2.05, 4.69) is 35.5 Å². The van der Waals surface area contributed by atoms with Crippen LogP contribution in [0.5, 0.6) is 0 Å². The number of aryl methyl sites for hydroxylation is 1. The van der Waals surface area contributed by atoms with Crippen LogP contribution in [0.4, 0.5) is 0 Å². The van der Waals surface area contributed by atoms with Crippen molar-refractivity contribution in [2.24, 2.45) is 10.7 Å². The van der Waals surface area contributed by atoms with Gasteiger partial charge in [0, 0.05) is 18.2 Å². The zero-order valence-electron chi connectivity index (χ0n) is 14.0. The van der Waals surface area contributed by atoms with E-state index in [1.807, 2.05) is 13.8 Å². The van der Waals surface area contributed by atoms with Crippen LogP contribution < -0.4 is 5.73 Å². The number of nitrogens with two attached hydrogens (primary N) is 1. The van der Waals surface area contributed by atoms with Gasteiger partial charge in [-0.2, -0.15) is 0 Å². The van der Waals surface area contributed by atoms with E-state index in [0.717, 1.165) is 5.56 Å². The van der Waals surface area contributed by atoms with Crippen molar-refractivity contribution in [1.82, 2.24) is 4.90 Å². The van der Waals surface area contributed by atoms with Gasteiger partial charge in [0.2, 0.25) is 5.91 Å². The largest absolute Gasteiger partial charge is 0.369 e. The maximum absolute atomic E-state index is 11.5. The molecular weight excluding hydrogens is 294 g/mol. The molecule has 5 heteroatoms. The SMILES string of the molecule is CC.CCC(=O)N(C)C(N)=NCc1ccc2scc(C)c2c1. The van der Waals surface area contributed by atoms with E-state index in [0.29, 0.717) is 13.0 Å². The van der Waals surface area contributed by atoms with E-state index in [1.54, 1.807) is 25.3 Å². The molecule has 1 heterocycles. The first-order valence-corrected chi connectivity index (χ1v) is 8.44. The van der Waals surface area contributed by atoms with Crippen molar-refractivity contribution in [2.75, 3.05) is 7.05 Å². The number of nitrogens with zero attached hydrogens (tertiary/aromatic N) is 2. The molecular formula is C17H25N3OS. The number of benzene rings is 1. The van der Waals surface area contributed by atoms with Crippen LogP contribution in [-0.2, 0) is 11.3 Å². The summed E-state index contributed by atoms with van der Waals surface area (Å²) in [5.74, 6) is 0.231. The number of carbonyl (C=O) groups excluding carboxylic acids is 1. The Morgan fingerprint density at radius 3 is 2.68 bits per heavy atom. The fourth-order valence-electron chi connectivity index (χ4n) is 1.95. The van der Waals surface area contributed by atoms with Crippen LogP contribution in [-0.4, -0.2) is 23.8 Å². The van der Waals surface area contributed by atoms with E-state index in [-0.39, 0.29) is 11.9 Å². The van der Waals surface area contributed by atoms with Crippen LogP contribution in [0.1, 0.15) is 38.3 Å². The summed E-state index contributed by atoms with van der Waals surface area (Å²) in [4.78, 5) is 17.2. The summed E-state index contributed by atoms with van der Waals surface area (Å²) in [5, 5.41) is 3.42. The Bertz CT molecular complexity index is 661. The predicted molar refractivity (Wildman–Crippen MR) is 96.3 cm³/mol. The topological polar surface area (TPSA) is 58.7 Å². The minimum atomic E-state index is -0.0321. The number of hydrogen-bond acceptors (Lipinski definition) is 3. The summed E-state index contributed by atoms with van der Waals surface area (Å²) >= 11 is 1.75. The van der Waals surface area contributed by atoms with Gasteiger partial charge in [-0.05, 0) is 40.9 Å². The number of carbonyl (C=O) groups is 1. The molecule has 1 amide bonds. The summed E-state index contributed by atoms with van der Waals surface area (Å²) in [6.07, 6.45) is 0.423. The van der Waals surface area contributed by atoms with Gasteiger partial charge in [-0.1, -0.05) is 26.8 Å². The summed E-state index contributed by atoms with van der Waals surface area (Å²) in [6, 6.07) is 6.30. The maximum atomic E-state index is 11.5. The van der Waals surface area contributed by atoms with Gasteiger partial charge in [0.25, 0.3) is 0 Å². The third-order valence-corrected chi connectivity index (χ3v) is 4.36.